The molecule has 2 aromatic rings. The van der Waals surface area contributed by atoms with Crippen LogP contribution in [-0.4, -0.2) is 20.5 Å². The van der Waals surface area contributed by atoms with Crippen LogP contribution < -0.4 is 0 Å². The van der Waals surface area contributed by atoms with Gasteiger partial charge in [-0.05, 0) is 38.3 Å². The molecule has 19 heavy (non-hydrogen) atoms. The minimum absolute atomic E-state index is 0.0993. The molecule has 0 aromatic carbocycles. The van der Waals surface area contributed by atoms with Crippen LogP contribution in [0.4, 0.5) is 0 Å². The number of rotatable bonds is 2. The van der Waals surface area contributed by atoms with E-state index in [0.29, 0.717) is 0 Å². The molecule has 2 aromatic heterocycles. The predicted molar refractivity (Wildman–Crippen MR) is 72.3 cm³/mol. The highest BCUT2D eigenvalue weighted by atomic mass is 16.1. The molecule has 0 saturated heterocycles. The topological polar surface area (TPSA) is 47.8 Å². The lowest BCUT2D eigenvalue weighted by molar-refractivity contribution is 0.0957. The van der Waals surface area contributed by atoms with Crippen LogP contribution in [0.3, 0.4) is 0 Å². The van der Waals surface area contributed by atoms with Crippen molar-refractivity contribution in [2.75, 3.05) is 0 Å². The van der Waals surface area contributed by atoms with Gasteiger partial charge in [-0.2, -0.15) is 5.10 Å². The van der Waals surface area contributed by atoms with Gasteiger partial charge in [0.1, 0.15) is 0 Å². The van der Waals surface area contributed by atoms with Crippen molar-refractivity contribution in [3.8, 4) is 0 Å². The predicted octanol–water partition coefficient (Wildman–Crippen LogP) is 2.34. The van der Waals surface area contributed by atoms with E-state index in [2.05, 4.69) is 16.1 Å². The minimum atomic E-state index is -0.0993. The van der Waals surface area contributed by atoms with Crippen molar-refractivity contribution in [3.05, 3.63) is 46.5 Å². The maximum atomic E-state index is 12.8. The molecule has 4 nitrogen and oxygen atoms in total. The molecule has 0 saturated carbocycles. The second-order valence-corrected chi connectivity index (χ2v) is 5.17. The molecule has 0 N–H and O–H groups in total. The van der Waals surface area contributed by atoms with Gasteiger partial charge in [0, 0.05) is 18.9 Å². The van der Waals surface area contributed by atoms with Gasteiger partial charge in [0.2, 0.25) is 0 Å². The Morgan fingerprint density at radius 1 is 1.42 bits per heavy atom. The number of Topliss-reactive ketones (excluding diaryl/α,β-unsaturated/α-hetero) is 1. The Labute approximate surface area is 112 Å². The maximum absolute atomic E-state index is 12.8. The fourth-order valence-corrected chi connectivity index (χ4v) is 2.97. The molecule has 0 bridgehead atoms. The Morgan fingerprint density at radius 2 is 2.21 bits per heavy atom. The average molecular weight is 255 g/mol. The number of aromatic nitrogens is 3. The van der Waals surface area contributed by atoms with Gasteiger partial charge >= 0.3 is 0 Å². The summed E-state index contributed by atoms with van der Waals surface area (Å²) in [6.45, 7) is 3.84. The van der Waals surface area contributed by atoms with Crippen LogP contribution in [0.2, 0.25) is 0 Å². The van der Waals surface area contributed by atoms with Crippen LogP contribution in [0.5, 0.6) is 0 Å². The van der Waals surface area contributed by atoms with Gasteiger partial charge < -0.3 is 0 Å². The molecule has 1 atom stereocenters. The molecule has 0 aliphatic heterocycles. The van der Waals surface area contributed by atoms with E-state index < -0.39 is 0 Å². The van der Waals surface area contributed by atoms with Crippen molar-refractivity contribution in [2.24, 2.45) is 7.05 Å². The van der Waals surface area contributed by atoms with Crippen molar-refractivity contribution >= 4 is 5.78 Å². The molecule has 98 valence electrons. The Hall–Kier alpha value is -1.97. The van der Waals surface area contributed by atoms with Gasteiger partial charge in [-0.3, -0.25) is 14.5 Å². The number of carbonyl (C=O) groups excluding carboxylic acids is 1. The zero-order valence-electron chi connectivity index (χ0n) is 11.5. The molecule has 2 heterocycles. The first-order valence-corrected chi connectivity index (χ1v) is 6.57. The van der Waals surface area contributed by atoms with E-state index >= 15 is 0 Å². The lowest BCUT2D eigenvalue weighted by Crippen LogP contribution is -2.13. The Morgan fingerprint density at radius 3 is 2.89 bits per heavy atom. The largest absolute Gasteiger partial charge is 0.293 e. The Bertz CT molecular complexity index is 657. The number of nitrogens with zero attached hydrogens (tertiary/aromatic N) is 3. The van der Waals surface area contributed by atoms with E-state index in [0.717, 1.165) is 35.5 Å². The first-order valence-electron chi connectivity index (χ1n) is 6.57. The quantitative estimate of drug-likeness (QED) is 0.774. The summed E-state index contributed by atoms with van der Waals surface area (Å²) in [4.78, 5) is 17.2. The molecular weight excluding hydrogens is 238 g/mol. The summed E-state index contributed by atoms with van der Waals surface area (Å²) >= 11 is 0. The van der Waals surface area contributed by atoms with Crippen molar-refractivity contribution in [1.82, 2.24) is 14.8 Å². The van der Waals surface area contributed by atoms with Gasteiger partial charge in [0.05, 0.1) is 22.9 Å². The zero-order chi connectivity index (χ0) is 13.6. The van der Waals surface area contributed by atoms with E-state index in [1.807, 2.05) is 27.0 Å². The van der Waals surface area contributed by atoms with Crippen molar-refractivity contribution in [3.63, 3.8) is 0 Å². The summed E-state index contributed by atoms with van der Waals surface area (Å²) in [5.41, 5.74) is 4.68. The first-order chi connectivity index (χ1) is 9.09. The number of fused-ring (bicyclic) bond motifs is 1. The summed E-state index contributed by atoms with van der Waals surface area (Å²) in [7, 11) is 1.87. The van der Waals surface area contributed by atoms with Crippen molar-refractivity contribution in [2.45, 2.75) is 32.6 Å². The second-order valence-electron chi connectivity index (χ2n) is 5.17. The third kappa shape index (κ3) is 1.79. The SMILES string of the molecule is Cc1nn(C)c(C)c1C(=O)C1CCc2cccnc21. The Kier molecular flexibility index (Phi) is 2.73. The highest BCUT2D eigenvalue weighted by Crippen LogP contribution is 2.34. The molecule has 4 heteroatoms. The summed E-state index contributed by atoms with van der Waals surface area (Å²) in [5, 5.41) is 4.33. The standard InChI is InChI=1S/C15H17N3O/c1-9-13(10(2)18(3)17-9)15(19)12-7-6-11-5-4-8-16-14(11)12/h4-5,8,12H,6-7H2,1-3H3. The molecule has 0 fully saturated rings. The monoisotopic (exact) mass is 255 g/mol. The van der Waals surface area contributed by atoms with E-state index in [1.165, 1.54) is 5.56 Å². The first kappa shape index (κ1) is 12.1. The van der Waals surface area contributed by atoms with E-state index in [1.54, 1.807) is 10.9 Å². The average Bonchev–Trinajstić information content (AvgIpc) is 2.91. The molecule has 0 amide bonds. The highest BCUT2D eigenvalue weighted by molar-refractivity contribution is 6.03. The lowest BCUT2D eigenvalue weighted by atomic mass is 9.94. The fraction of sp³-hybridized carbons (Fsp3) is 0.400. The third-order valence-corrected chi connectivity index (χ3v) is 4.03. The van der Waals surface area contributed by atoms with Gasteiger partial charge in [0.15, 0.2) is 5.78 Å². The Balaban J connectivity index is 2.03. The molecule has 0 radical (unpaired) electrons. The number of hydrogen-bond acceptors (Lipinski definition) is 3. The number of carbonyl (C=O) groups is 1. The second kappa shape index (κ2) is 4.30. The molecule has 1 aliphatic rings. The fourth-order valence-electron chi connectivity index (χ4n) is 2.97. The van der Waals surface area contributed by atoms with Gasteiger partial charge in [-0.15, -0.1) is 0 Å². The molecule has 1 aliphatic carbocycles. The number of ketones is 1. The smallest absolute Gasteiger partial charge is 0.175 e. The van der Waals surface area contributed by atoms with Crippen LogP contribution in [0.1, 0.15) is 45.3 Å². The summed E-state index contributed by atoms with van der Waals surface area (Å²) in [6, 6.07) is 4.00. The number of pyridine rings is 1. The minimum Gasteiger partial charge on any atom is -0.293 e. The van der Waals surface area contributed by atoms with E-state index in [4.69, 9.17) is 0 Å². The lowest BCUT2D eigenvalue weighted by Gasteiger charge is -2.09. The normalized spacial score (nSPS) is 17.5. The van der Waals surface area contributed by atoms with E-state index in [-0.39, 0.29) is 11.7 Å². The van der Waals surface area contributed by atoms with Crippen LogP contribution in [0.25, 0.3) is 0 Å². The van der Waals surface area contributed by atoms with Crippen molar-refractivity contribution in [1.29, 1.82) is 0 Å². The van der Waals surface area contributed by atoms with Gasteiger partial charge in [-0.25, -0.2) is 0 Å². The summed E-state index contributed by atoms with van der Waals surface area (Å²) < 4.78 is 1.77. The van der Waals surface area contributed by atoms with E-state index in [9.17, 15) is 4.79 Å². The van der Waals surface area contributed by atoms with Crippen molar-refractivity contribution < 1.29 is 4.79 Å². The van der Waals surface area contributed by atoms with Crippen LogP contribution >= 0.6 is 0 Å². The number of hydrogen-bond donors (Lipinski definition) is 0. The summed E-state index contributed by atoms with van der Waals surface area (Å²) in [6.07, 6.45) is 3.57. The zero-order valence-corrected chi connectivity index (χ0v) is 11.5. The third-order valence-electron chi connectivity index (χ3n) is 4.03. The molecule has 1 unspecified atom stereocenters. The van der Waals surface area contributed by atoms with Gasteiger partial charge in [-0.1, -0.05) is 6.07 Å². The number of aryl methyl sites for hydroxylation is 3. The van der Waals surface area contributed by atoms with Crippen LogP contribution in [0.15, 0.2) is 18.3 Å². The molecular formula is C15H17N3O. The van der Waals surface area contributed by atoms with Gasteiger partial charge in [0.25, 0.3) is 0 Å². The molecule has 0 spiro atoms. The van der Waals surface area contributed by atoms with Crippen LogP contribution in [-0.2, 0) is 13.5 Å². The maximum Gasteiger partial charge on any atom is 0.175 e. The highest BCUT2D eigenvalue weighted by Gasteiger charge is 2.33. The van der Waals surface area contributed by atoms with Crippen LogP contribution in [0, 0.1) is 13.8 Å². The summed E-state index contributed by atoms with van der Waals surface area (Å²) in [5.74, 6) is 0.0679. The molecule has 3 rings (SSSR count).